The molecule has 0 saturated carbocycles. The molecule has 0 spiro atoms. The van der Waals surface area contributed by atoms with E-state index in [-0.39, 0.29) is 23.9 Å². The zero-order valence-electron chi connectivity index (χ0n) is 16.8. The monoisotopic (exact) mass is 404 g/mol. The van der Waals surface area contributed by atoms with Crippen LogP contribution in [0.1, 0.15) is 43.0 Å². The number of thiophene rings is 1. The number of carbonyl (C=O) groups is 2. The van der Waals surface area contributed by atoms with Gasteiger partial charge in [0.2, 0.25) is 11.8 Å². The zero-order valence-corrected chi connectivity index (χ0v) is 17.6. The molecule has 0 aromatic carbocycles. The van der Waals surface area contributed by atoms with Gasteiger partial charge in [0, 0.05) is 30.9 Å². The molecule has 152 valence electrons. The summed E-state index contributed by atoms with van der Waals surface area (Å²) in [4.78, 5) is 45.1. The molecule has 3 rings (SSSR count). The maximum Gasteiger partial charge on any atom is 0.262 e. The van der Waals surface area contributed by atoms with Gasteiger partial charge in [-0.2, -0.15) is 0 Å². The van der Waals surface area contributed by atoms with Gasteiger partial charge < -0.3 is 10.2 Å². The van der Waals surface area contributed by atoms with Crippen LogP contribution in [0.5, 0.6) is 0 Å². The average molecular weight is 405 g/mol. The predicted octanol–water partition coefficient (Wildman–Crippen LogP) is 2.23. The fraction of sp³-hybridized carbons (Fsp3) is 0.600. The smallest absolute Gasteiger partial charge is 0.262 e. The lowest BCUT2D eigenvalue weighted by atomic mass is 10.00. The summed E-state index contributed by atoms with van der Waals surface area (Å²) in [7, 11) is 0. The van der Waals surface area contributed by atoms with Crippen LogP contribution in [0.25, 0.3) is 10.2 Å². The first kappa shape index (κ1) is 20.5. The molecule has 1 N–H and O–H groups in total. The molecule has 0 unspecified atom stereocenters. The van der Waals surface area contributed by atoms with E-state index in [1.807, 2.05) is 18.7 Å². The molecule has 2 amide bonds. The van der Waals surface area contributed by atoms with E-state index < -0.39 is 0 Å². The Morgan fingerprint density at radius 2 is 2.14 bits per heavy atom. The number of amides is 2. The van der Waals surface area contributed by atoms with Crippen molar-refractivity contribution < 1.29 is 9.59 Å². The summed E-state index contributed by atoms with van der Waals surface area (Å²) in [6.45, 7) is 8.08. The van der Waals surface area contributed by atoms with Gasteiger partial charge in [-0.25, -0.2) is 4.98 Å². The van der Waals surface area contributed by atoms with E-state index in [1.54, 1.807) is 0 Å². The lowest BCUT2D eigenvalue weighted by Gasteiger charge is -2.31. The van der Waals surface area contributed by atoms with Gasteiger partial charge in [0.1, 0.15) is 11.4 Å². The first-order chi connectivity index (χ1) is 13.4. The average Bonchev–Trinajstić information content (AvgIpc) is 2.95. The molecular weight excluding hydrogens is 376 g/mol. The van der Waals surface area contributed by atoms with E-state index in [4.69, 9.17) is 0 Å². The van der Waals surface area contributed by atoms with E-state index in [0.29, 0.717) is 35.5 Å². The van der Waals surface area contributed by atoms with Gasteiger partial charge in [-0.1, -0.05) is 6.92 Å². The van der Waals surface area contributed by atoms with Crippen LogP contribution in [0.4, 0.5) is 0 Å². The van der Waals surface area contributed by atoms with Crippen molar-refractivity contribution in [2.24, 2.45) is 5.92 Å². The van der Waals surface area contributed by atoms with Crippen molar-refractivity contribution in [1.29, 1.82) is 0 Å². The predicted molar refractivity (Wildman–Crippen MR) is 111 cm³/mol. The van der Waals surface area contributed by atoms with E-state index in [0.717, 1.165) is 30.0 Å². The molecule has 28 heavy (non-hydrogen) atoms. The number of aryl methyl sites for hydroxylation is 2. The standard InChI is InChI=1S/C20H28N4O3S/c1-13-6-5-9-23(10-13)17(26)7-4-8-21-16(25)11-24-12-22-19-18(20(24)27)14(2)15(3)28-19/h12-13H,4-11H2,1-3H3,(H,21,25)/t13-/m1/s1. The Morgan fingerprint density at radius 3 is 2.89 bits per heavy atom. The number of carbonyl (C=O) groups excluding carboxylic acids is 2. The van der Waals surface area contributed by atoms with Gasteiger partial charge in [-0.05, 0) is 44.6 Å². The molecule has 2 aromatic rings. The summed E-state index contributed by atoms with van der Waals surface area (Å²) in [5, 5.41) is 3.40. The van der Waals surface area contributed by atoms with E-state index >= 15 is 0 Å². The van der Waals surface area contributed by atoms with Crippen molar-refractivity contribution in [1.82, 2.24) is 19.8 Å². The largest absolute Gasteiger partial charge is 0.355 e. The molecule has 2 aromatic heterocycles. The normalized spacial score (nSPS) is 17.1. The molecule has 0 bridgehead atoms. The van der Waals surface area contributed by atoms with Gasteiger partial charge in [-0.3, -0.25) is 19.0 Å². The minimum atomic E-state index is -0.244. The second-order valence-corrected chi connectivity index (χ2v) is 8.88. The van der Waals surface area contributed by atoms with Crippen LogP contribution in [0.2, 0.25) is 0 Å². The van der Waals surface area contributed by atoms with Crippen LogP contribution in [0.3, 0.4) is 0 Å². The number of piperidine rings is 1. The summed E-state index contributed by atoms with van der Waals surface area (Å²) in [6, 6.07) is 0. The summed E-state index contributed by atoms with van der Waals surface area (Å²) in [5.41, 5.74) is 0.745. The molecule has 1 atom stereocenters. The van der Waals surface area contributed by atoms with Gasteiger partial charge in [0.25, 0.3) is 5.56 Å². The third-order valence-corrected chi connectivity index (χ3v) is 6.48. The number of hydrogen-bond donors (Lipinski definition) is 1. The topological polar surface area (TPSA) is 84.3 Å². The Labute approximate surface area is 168 Å². The lowest BCUT2D eigenvalue weighted by molar-refractivity contribution is -0.133. The number of fused-ring (bicyclic) bond motifs is 1. The maximum absolute atomic E-state index is 12.6. The van der Waals surface area contributed by atoms with Crippen molar-refractivity contribution in [3.05, 3.63) is 27.1 Å². The number of nitrogens with zero attached hydrogens (tertiary/aromatic N) is 3. The van der Waals surface area contributed by atoms with Gasteiger partial charge in [0.15, 0.2) is 0 Å². The summed E-state index contributed by atoms with van der Waals surface area (Å²) in [5.74, 6) is 0.485. The molecule has 1 fully saturated rings. The Hall–Kier alpha value is -2.22. The first-order valence-corrected chi connectivity index (χ1v) is 10.7. The Balaban J connectivity index is 1.48. The maximum atomic E-state index is 12.6. The molecule has 0 aliphatic carbocycles. The summed E-state index contributed by atoms with van der Waals surface area (Å²) in [6.07, 6.45) is 4.73. The zero-order chi connectivity index (χ0) is 20.3. The highest BCUT2D eigenvalue weighted by Crippen LogP contribution is 2.25. The number of nitrogens with one attached hydrogen (secondary N) is 1. The van der Waals surface area contributed by atoms with Gasteiger partial charge in [-0.15, -0.1) is 11.3 Å². The van der Waals surface area contributed by atoms with Gasteiger partial charge >= 0.3 is 0 Å². The number of aromatic nitrogens is 2. The highest BCUT2D eigenvalue weighted by molar-refractivity contribution is 7.18. The van der Waals surface area contributed by atoms with Crippen LogP contribution >= 0.6 is 11.3 Å². The van der Waals surface area contributed by atoms with Crippen molar-refractivity contribution in [3.8, 4) is 0 Å². The van der Waals surface area contributed by atoms with E-state index in [2.05, 4.69) is 17.2 Å². The number of hydrogen-bond acceptors (Lipinski definition) is 5. The van der Waals surface area contributed by atoms with Crippen molar-refractivity contribution >= 4 is 33.4 Å². The molecule has 1 saturated heterocycles. The van der Waals surface area contributed by atoms with Gasteiger partial charge in [0.05, 0.1) is 11.7 Å². The van der Waals surface area contributed by atoms with E-state index in [1.165, 1.54) is 28.7 Å². The Bertz CT molecular complexity index is 933. The van der Waals surface area contributed by atoms with Crippen LogP contribution in [-0.2, 0) is 16.1 Å². The van der Waals surface area contributed by atoms with Crippen LogP contribution in [0.15, 0.2) is 11.1 Å². The molecule has 8 heteroatoms. The third kappa shape index (κ3) is 4.60. The lowest BCUT2D eigenvalue weighted by Crippen LogP contribution is -2.39. The second kappa shape index (κ2) is 8.86. The minimum absolute atomic E-state index is 0.0618. The fourth-order valence-corrected chi connectivity index (χ4v) is 4.62. The first-order valence-electron chi connectivity index (χ1n) is 9.86. The van der Waals surface area contributed by atoms with E-state index in [9.17, 15) is 14.4 Å². The highest BCUT2D eigenvalue weighted by Gasteiger charge is 2.20. The molecule has 0 radical (unpaired) electrons. The fourth-order valence-electron chi connectivity index (χ4n) is 3.63. The Kier molecular flexibility index (Phi) is 6.49. The summed E-state index contributed by atoms with van der Waals surface area (Å²) >= 11 is 1.49. The molecular formula is C20H28N4O3S. The van der Waals surface area contributed by atoms with Crippen LogP contribution < -0.4 is 10.9 Å². The number of likely N-dealkylation sites (tertiary alicyclic amines) is 1. The van der Waals surface area contributed by atoms with Crippen molar-refractivity contribution in [3.63, 3.8) is 0 Å². The number of rotatable bonds is 6. The second-order valence-electron chi connectivity index (χ2n) is 7.68. The van der Waals surface area contributed by atoms with Crippen LogP contribution in [0, 0.1) is 19.8 Å². The molecule has 1 aliphatic rings. The SMILES string of the molecule is Cc1sc2ncn(CC(=O)NCCCC(=O)N3CCC[C@@H](C)C3)c(=O)c2c1C. The molecule has 1 aliphatic heterocycles. The molecule has 3 heterocycles. The third-order valence-electron chi connectivity index (χ3n) is 5.37. The Morgan fingerprint density at radius 1 is 1.36 bits per heavy atom. The van der Waals surface area contributed by atoms with Crippen molar-refractivity contribution in [2.45, 2.75) is 53.0 Å². The quantitative estimate of drug-likeness (QED) is 0.749. The minimum Gasteiger partial charge on any atom is -0.355 e. The summed E-state index contributed by atoms with van der Waals surface area (Å²) < 4.78 is 1.34. The highest BCUT2D eigenvalue weighted by atomic mass is 32.1. The van der Waals surface area contributed by atoms with Crippen LogP contribution in [-0.4, -0.2) is 45.9 Å². The molecule has 7 nitrogen and oxygen atoms in total. The van der Waals surface area contributed by atoms with Crippen molar-refractivity contribution in [2.75, 3.05) is 19.6 Å².